The van der Waals surface area contributed by atoms with Gasteiger partial charge < -0.3 is 9.47 Å². The van der Waals surface area contributed by atoms with Crippen molar-refractivity contribution < 1.29 is 0 Å². The highest BCUT2D eigenvalue weighted by molar-refractivity contribution is 6.13. The molecular weight excluding hydrogens is 989 g/mol. The van der Waals surface area contributed by atoms with Gasteiger partial charge in [-0.3, -0.25) is 0 Å². The monoisotopic (exact) mass is 1040 g/mol. The molecule has 14 aromatic rings. The fourth-order valence-electron chi connectivity index (χ4n) is 15.8. The summed E-state index contributed by atoms with van der Waals surface area (Å²) in [6, 6.07) is 114. The Morgan fingerprint density at radius 1 is 0.244 bits per heavy atom. The molecule has 0 fully saturated rings. The van der Waals surface area contributed by atoms with E-state index in [1.54, 1.807) is 0 Å². The van der Waals surface area contributed by atoms with Crippen LogP contribution in [-0.4, -0.2) is 4.57 Å². The first kappa shape index (κ1) is 45.3. The van der Waals surface area contributed by atoms with Gasteiger partial charge in [-0.1, -0.05) is 261 Å². The van der Waals surface area contributed by atoms with E-state index in [0.717, 1.165) is 39.3 Å². The van der Waals surface area contributed by atoms with Gasteiger partial charge in [-0.15, -0.1) is 0 Å². The lowest BCUT2D eigenvalue weighted by Crippen LogP contribution is -2.33. The van der Waals surface area contributed by atoms with Crippen molar-refractivity contribution in [2.75, 3.05) is 4.90 Å². The van der Waals surface area contributed by atoms with Gasteiger partial charge in [0.1, 0.15) is 0 Å². The molecule has 2 spiro atoms. The molecule has 0 saturated carbocycles. The molecule has 2 heterocycles. The summed E-state index contributed by atoms with van der Waals surface area (Å²) in [4.78, 5) is 2.61. The maximum atomic E-state index is 2.61. The number of fused-ring (bicyclic) bond motifs is 22. The molecule has 0 N–H and O–H groups in total. The molecule has 3 aliphatic carbocycles. The molecule has 0 amide bonds. The molecule has 0 saturated heterocycles. The molecule has 1 atom stereocenters. The van der Waals surface area contributed by atoms with E-state index in [1.807, 2.05) is 0 Å². The minimum Gasteiger partial charge on any atom is -0.309 e. The Balaban J connectivity index is 0.917. The summed E-state index contributed by atoms with van der Waals surface area (Å²) in [6.07, 6.45) is 0. The number of rotatable bonds is 6. The van der Waals surface area contributed by atoms with Crippen molar-refractivity contribution in [1.29, 1.82) is 0 Å². The fraction of sp³-hybridized carbons (Fsp3) is 0.0250. The number of hydrogen-bond acceptors (Lipinski definition) is 1. The van der Waals surface area contributed by atoms with Crippen molar-refractivity contribution in [3.63, 3.8) is 0 Å². The zero-order valence-corrected chi connectivity index (χ0v) is 44.8. The zero-order valence-electron chi connectivity index (χ0n) is 44.8. The van der Waals surface area contributed by atoms with Crippen LogP contribution in [0.2, 0.25) is 0 Å². The highest BCUT2D eigenvalue weighted by Crippen LogP contribution is 2.66. The number of para-hydroxylation sites is 5. The second-order valence-corrected chi connectivity index (χ2v) is 22.5. The lowest BCUT2D eigenvalue weighted by atomic mass is 9.65. The van der Waals surface area contributed by atoms with Crippen LogP contribution in [0.5, 0.6) is 0 Å². The van der Waals surface area contributed by atoms with Crippen LogP contribution in [0, 0.1) is 0 Å². The van der Waals surface area contributed by atoms with Crippen molar-refractivity contribution >= 4 is 38.9 Å². The Kier molecular flexibility index (Phi) is 9.39. The quantitative estimate of drug-likeness (QED) is 0.161. The number of nitrogens with zero attached hydrogens (tertiary/aromatic N) is 2. The van der Waals surface area contributed by atoms with Crippen LogP contribution in [-0.2, 0) is 10.8 Å². The van der Waals surface area contributed by atoms with Crippen molar-refractivity contribution in [3.05, 3.63) is 348 Å². The van der Waals surface area contributed by atoms with Crippen molar-refractivity contribution in [2.24, 2.45) is 0 Å². The maximum absolute atomic E-state index is 2.61. The molecule has 82 heavy (non-hydrogen) atoms. The Labute approximate surface area is 476 Å². The van der Waals surface area contributed by atoms with Crippen molar-refractivity contribution in [2.45, 2.75) is 10.8 Å². The first-order valence-electron chi connectivity index (χ1n) is 28.7. The average molecular weight is 1040 g/mol. The molecule has 2 heteroatoms. The molecule has 1 aromatic heterocycles. The molecule has 2 nitrogen and oxygen atoms in total. The molecular formula is C80H50N2. The lowest BCUT2D eigenvalue weighted by Gasteiger charge is -2.39. The Bertz CT molecular complexity index is 4970. The van der Waals surface area contributed by atoms with Crippen LogP contribution in [0.25, 0.3) is 94.3 Å². The highest BCUT2D eigenvalue weighted by atomic mass is 15.2. The van der Waals surface area contributed by atoms with Crippen molar-refractivity contribution in [3.8, 4) is 72.4 Å². The predicted molar refractivity (Wildman–Crippen MR) is 339 cm³/mol. The first-order chi connectivity index (χ1) is 40.7. The predicted octanol–water partition coefficient (Wildman–Crippen LogP) is 20.3. The zero-order chi connectivity index (χ0) is 53.7. The first-order valence-corrected chi connectivity index (χ1v) is 28.7. The topological polar surface area (TPSA) is 8.17 Å². The third-order valence-electron chi connectivity index (χ3n) is 18.8. The fourth-order valence-corrected chi connectivity index (χ4v) is 15.8. The molecule has 18 rings (SSSR count). The van der Waals surface area contributed by atoms with Crippen molar-refractivity contribution in [1.82, 2.24) is 4.57 Å². The van der Waals surface area contributed by atoms with Gasteiger partial charge in [0, 0.05) is 27.5 Å². The van der Waals surface area contributed by atoms with E-state index in [0.29, 0.717) is 0 Å². The number of hydrogen-bond donors (Lipinski definition) is 0. The second-order valence-electron chi connectivity index (χ2n) is 22.5. The number of aromatic nitrogens is 1. The molecule has 1 aliphatic heterocycles. The summed E-state index contributed by atoms with van der Waals surface area (Å²) in [5.74, 6) is 0. The van der Waals surface area contributed by atoms with E-state index in [1.165, 1.54) is 117 Å². The Morgan fingerprint density at radius 2 is 0.683 bits per heavy atom. The van der Waals surface area contributed by atoms with Gasteiger partial charge in [-0.05, 0) is 137 Å². The van der Waals surface area contributed by atoms with E-state index in [4.69, 9.17) is 0 Å². The standard InChI is InChI=1S/C80H50N2/c1-2-23-51(24-3-1)52-25-20-26-53(49-52)55-27-8-16-42-72(55)81(76-46-22-40-69-77(76)63-33-7-14-38-67(63)79(69)64-35-11-4-29-57(64)58-30-5-12-36-65(58)79)73-43-17-9-28-56(73)54-47-48-60-59-31-6-13-37-66(59)80(71(60)50-54)68-39-15-19-45-75(68)82-74-44-18-10-32-61(74)62-34-21-41-70(80)78(62)82/h1-50H. The lowest BCUT2D eigenvalue weighted by molar-refractivity contribution is 0.749. The molecule has 4 aliphatic rings. The number of benzene rings is 13. The summed E-state index contributed by atoms with van der Waals surface area (Å²) < 4.78 is 2.54. The third-order valence-corrected chi connectivity index (χ3v) is 18.8. The van der Waals surface area contributed by atoms with E-state index >= 15 is 0 Å². The average Bonchev–Trinajstić information content (AvgIpc) is 1.81. The normalized spacial score (nSPS) is 15.0. The smallest absolute Gasteiger partial charge is 0.0754 e. The SMILES string of the molecule is c1ccc(-c2cccc(-c3ccccc3N(c3ccccc3-c3ccc4c(c3)C3(c5ccccc5-4)c4ccccc4-n4c5ccccc5c5cccc3c54)c3cccc4c3-c3ccccc3C43c4ccccc4-c4ccccc43)c2)cc1. The van der Waals surface area contributed by atoms with Crippen LogP contribution < -0.4 is 4.90 Å². The van der Waals surface area contributed by atoms with Gasteiger partial charge >= 0.3 is 0 Å². The van der Waals surface area contributed by atoms with Crippen LogP contribution in [0.3, 0.4) is 0 Å². The summed E-state index contributed by atoms with van der Waals surface area (Å²) in [5.41, 5.74) is 31.1. The molecule has 13 aromatic carbocycles. The van der Waals surface area contributed by atoms with Crippen LogP contribution >= 0.6 is 0 Å². The van der Waals surface area contributed by atoms with Gasteiger partial charge in [0.15, 0.2) is 0 Å². The molecule has 0 bridgehead atoms. The van der Waals surface area contributed by atoms with Crippen LogP contribution in [0.4, 0.5) is 17.1 Å². The summed E-state index contributed by atoms with van der Waals surface area (Å²) in [5, 5.41) is 2.55. The van der Waals surface area contributed by atoms with E-state index in [2.05, 4.69) is 313 Å². The van der Waals surface area contributed by atoms with Crippen LogP contribution in [0.1, 0.15) is 44.5 Å². The van der Waals surface area contributed by atoms with Gasteiger partial charge in [-0.2, -0.15) is 0 Å². The third kappa shape index (κ3) is 5.82. The summed E-state index contributed by atoms with van der Waals surface area (Å²) >= 11 is 0. The summed E-state index contributed by atoms with van der Waals surface area (Å²) in [7, 11) is 0. The molecule has 380 valence electrons. The molecule has 0 radical (unpaired) electrons. The highest BCUT2D eigenvalue weighted by Gasteiger charge is 2.53. The van der Waals surface area contributed by atoms with Gasteiger partial charge in [0.25, 0.3) is 0 Å². The summed E-state index contributed by atoms with van der Waals surface area (Å²) in [6.45, 7) is 0. The maximum Gasteiger partial charge on any atom is 0.0754 e. The van der Waals surface area contributed by atoms with E-state index in [9.17, 15) is 0 Å². The van der Waals surface area contributed by atoms with E-state index in [-0.39, 0.29) is 0 Å². The van der Waals surface area contributed by atoms with Gasteiger partial charge in [0.2, 0.25) is 0 Å². The van der Waals surface area contributed by atoms with Gasteiger partial charge in [-0.25, -0.2) is 0 Å². The number of anilines is 3. The minimum atomic E-state index is -0.598. The largest absolute Gasteiger partial charge is 0.309 e. The van der Waals surface area contributed by atoms with Crippen LogP contribution in [0.15, 0.2) is 303 Å². The Hall–Kier alpha value is -10.5. The van der Waals surface area contributed by atoms with E-state index < -0.39 is 10.8 Å². The van der Waals surface area contributed by atoms with Gasteiger partial charge in [0.05, 0.1) is 44.6 Å². The Morgan fingerprint density at radius 3 is 1.38 bits per heavy atom. The second kappa shape index (κ2) is 17.0. The molecule has 1 unspecified atom stereocenters. The minimum absolute atomic E-state index is 0.516.